The van der Waals surface area contributed by atoms with Crippen LogP contribution in [0.3, 0.4) is 0 Å². The van der Waals surface area contributed by atoms with Gasteiger partial charge in [-0.05, 0) is 37.0 Å². The molecule has 1 atom stereocenters. The number of nitrogens with zero attached hydrogens (tertiary/aromatic N) is 2. The summed E-state index contributed by atoms with van der Waals surface area (Å²) in [6, 6.07) is 3.98. The number of rotatable bonds is 4. The minimum absolute atomic E-state index is 0.171. The Morgan fingerprint density at radius 2 is 2.04 bits per heavy atom. The summed E-state index contributed by atoms with van der Waals surface area (Å²) in [5, 5.41) is 0. The standard InChI is InChI=1S/C16H21F3N2O3S/c1-12-5-4-8-20(10-12)15(22)11-21(25(2,23)24)14-7-3-6-13(9-14)16(17,18)19/h3,6-7,9,12H,4-5,8,10-11H2,1-2H3/t12-/m0/s1. The number of carbonyl (C=O) groups excluding carboxylic acids is 1. The van der Waals surface area contributed by atoms with Gasteiger partial charge in [-0.25, -0.2) is 8.42 Å². The Labute approximate surface area is 145 Å². The van der Waals surface area contributed by atoms with Crippen molar-refractivity contribution in [3.8, 4) is 0 Å². The van der Waals surface area contributed by atoms with Crippen LogP contribution in [0, 0.1) is 5.92 Å². The number of carbonyl (C=O) groups is 1. The van der Waals surface area contributed by atoms with Crippen LogP contribution in [-0.2, 0) is 21.0 Å². The molecule has 0 aliphatic carbocycles. The van der Waals surface area contributed by atoms with E-state index in [9.17, 15) is 26.4 Å². The Hall–Kier alpha value is -1.77. The van der Waals surface area contributed by atoms with Crippen LogP contribution in [0.2, 0.25) is 0 Å². The molecule has 0 aromatic heterocycles. The molecule has 0 radical (unpaired) electrons. The second-order valence-corrected chi connectivity index (χ2v) is 8.31. The number of alkyl halides is 3. The van der Waals surface area contributed by atoms with Crippen LogP contribution in [0.1, 0.15) is 25.3 Å². The molecule has 0 bridgehead atoms. The highest BCUT2D eigenvalue weighted by atomic mass is 32.2. The molecule has 5 nitrogen and oxygen atoms in total. The topological polar surface area (TPSA) is 57.7 Å². The normalized spacial score (nSPS) is 18.9. The summed E-state index contributed by atoms with van der Waals surface area (Å²) in [4.78, 5) is 14.0. The smallest absolute Gasteiger partial charge is 0.341 e. The van der Waals surface area contributed by atoms with Crippen molar-refractivity contribution >= 4 is 21.6 Å². The number of benzene rings is 1. The molecule has 9 heteroatoms. The van der Waals surface area contributed by atoms with E-state index in [1.165, 1.54) is 6.07 Å². The summed E-state index contributed by atoms with van der Waals surface area (Å²) in [5.41, 5.74) is -1.13. The maximum atomic E-state index is 12.9. The van der Waals surface area contributed by atoms with Crippen LogP contribution in [0.15, 0.2) is 24.3 Å². The molecule has 1 aromatic carbocycles. The Morgan fingerprint density at radius 1 is 1.36 bits per heavy atom. The van der Waals surface area contributed by atoms with Gasteiger partial charge in [0.15, 0.2) is 0 Å². The van der Waals surface area contributed by atoms with Crippen LogP contribution in [0.5, 0.6) is 0 Å². The minimum Gasteiger partial charge on any atom is -0.341 e. The number of halogens is 3. The molecule has 1 saturated heterocycles. The summed E-state index contributed by atoms with van der Waals surface area (Å²) < 4.78 is 63.5. The minimum atomic E-state index is -4.59. The van der Waals surface area contributed by atoms with E-state index in [0.717, 1.165) is 41.6 Å². The first-order valence-electron chi connectivity index (χ1n) is 7.91. The summed E-state index contributed by atoms with van der Waals surface area (Å²) in [6.07, 6.45) is -1.90. The molecule has 1 heterocycles. The van der Waals surface area contributed by atoms with Gasteiger partial charge in [-0.1, -0.05) is 13.0 Å². The Morgan fingerprint density at radius 3 is 2.60 bits per heavy atom. The number of hydrogen-bond donors (Lipinski definition) is 0. The Bertz CT molecular complexity index is 734. The van der Waals surface area contributed by atoms with Crippen LogP contribution >= 0.6 is 0 Å². The van der Waals surface area contributed by atoms with E-state index >= 15 is 0 Å². The van der Waals surface area contributed by atoms with Gasteiger partial charge < -0.3 is 4.90 Å². The number of anilines is 1. The van der Waals surface area contributed by atoms with Gasteiger partial charge in [0.25, 0.3) is 0 Å². The van der Waals surface area contributed by atoms with E-state index < -0.39 is 34.2 Å². The van der Waals surface area contributed by atoms with Crippen molar-refractivity contribution in [1.29, 1.82) is 0 Å². The van der Waals surface area contributed by atoms with E-state index in [4.69, 9.17) is 0 Å². The first-order chi connectivity index (χ1) is 11.5. The fourth-order valence-corrected chi connectivity index (χ4v) is 3.72. The molecule has 1 amide bonds. The van der Waals surface area contributed by atoms with Crippen molar-refractivity contribution in [3.05, 3.63) is 29.8 Å². The molecule has 1 aliphatic heterocycles. The first-order valence-corrected chi connectivity index (χ1v) is 9.76. The molecule has 0 spiro atoms. The second kappa shape index (κ2) is 7.23. The highest BCUT2D eigenvalue weighted by molar-refractivity contribution is 7.92. The summed E-state index contributed by atoms with van der Waals surface area (Å²) in [7, 11) is -3.91. The fraction of sp³-hybridized carbons (Fsp3) is 0.562. The molecule has 0 unspecified atom stereocenters. The van der Waals surface area contributed by atoms with Gasteiger partial charge in [0.05, 0.1) is 17.5 Å². The van der Waals surface area contributed by atoms with Crippen molar-refractivity contribution in [3.63, 3.8) is 0 Å². The fourth-order valence-electron chi connectivity index (χ4n) is 2.88. The zero-order chi connectivity index (χ0) is 18.8. The molecular formula is C16H21F3N2O3S. The SMILES string of the molecule is C[C@H]1CCCN(C(=O)CN(c2cccc(C(F)(F)F)c2)S(C)(=O)=O)C1. The lowest BCUT2D eigenvalue weighted by Gasteiger charge is -2.33. The van der Waals surface area contributed by atoms with Crippen molar-refractivity contribution < 1.29 is 26.4 Å². The van der Waals surface area contributed by atoms with Crippen LogP contribution in [0.25, 0.3) is 0 Å². The Balaban J connectivity index is 2.27. The average molecular weight is 378 g/mol. The van der Waals surface area contributed by atoms with Crippen LogP contribution < -0.4 is 4.31 Å². The third-order valence-electron chi connectivity index (χ3n) is 4.15. The predicted molar refractivity (Wildman–Crippen MR) is 88.6 cm³/mol. The molecule has 1 fully saturated rings. The van der Waals surface area contributed by atoms with Gasteiger partial charge in [0.2, 0.25) is 15.9 Å². The average Bonchev–Trinajstić information content (AvgIpc) is 2.50. The molecular weight excluding hydrogens is 357 g/mol. The van der Waals surface area contributed by atoms with Gasteiger partial charge >= 0.3 is 6.18 Å². The van der Waals surface area contributed by atoms with Gasteiger partial charge in [-0.2, -0.15) is 13.2 Å². The van der Waals surface area contributed by atoms with Crippen molar-refractivity contribution in [2.24, 2.45) is 5.92 Å². The number of sulfonamides is 1. The van der Waals surface area contributed by atoms with Gasteiger partial charge in [0, 0.05) is 13.1 Å². The van der Waals surface area contributed by atoms with Crippen molar-refractivity contribution in [1.82, 2.24) is 4.90 Å². The lowest BCUT2D eigenvalue weighted by Crippen LogP contribution is -2.46. The monoisotopic (exact) mass is 378 g/mol. The van der Waals surface area contributed by atoms with Gasteiger partial charge in [0.1, 0.15) is 6.54 Å². The molecule has 2 rings (SSSR count). The molecule has 1 aliphatic rings. The quantitative estimate of drug-likeness (QED) is 0.810. The third-order valence-corrected chi connectivity index (χ3v) is 5.29. The highest BCUT2D eigenvalue weighted by Crippen LogP contribution is 2.32. The molecule has 1 aromatic rings. The Kier molecular flexibility index (Phi) is 5.65. The molecule has 0 saturated carbocycles. The van der Waals surface area contributed by atoms with Crippen LogP contribution in [-0.4, -0.2) is 45.1 Å². The number of amides is 1. The lowest BCUT2D eigenvalue weighted by atomic mass is 10.0. The zero-order valence-electron chi connectivity index (χ0n) is 14.1. The van der Waals surface area contributed by atoms with E-state index in [0.29, 0.717) is 19.0 Å². The summed E-state index contributed by atoms with van der Waals surface area (Å²) in [6.45, 7) is 2.55. The maximum absolute atomic E-state index is 12.9. The molecule has 0 N–H and O–H groups in total. The third kappa shape index (κ3) is 5.10. The van der Waals surface area contributed by atoms with Gasteiger partial charge in [-0.3, -0.25) is 9.10 Å². The van der Waals surface area contributed by atoms with Crippen molar-refractivity contribution in [2.75, 3.05) is 30.2 Å². The van der Waals surface area contributed by atoms with E-state index in [1.54, 1.807) is 4.90 Å². The number of likely N-dealkylation sites (tertiary alicyclic amines) is 1. The highest BCUT2D eigenvalue weighted by Gasteiger charge is 2.32. The summed E-state index contributed by atoms with van der Waals surface area (Å²) >= 11 is 0. The molecule has 25 heavy (non-hydrogen) atoms. The van der Waals surface area contributed by atoms with E-state index in [2.05, 4.69) is 0 Å². The molecule has 140 valence electrons. The first kappa shape index (κ1) is 19.6. The predicted octanol–water partition coefficient (Wildman–Crippen LogP) is 2.73. The number of hydrogen-bond acceptors (Lipinski definition) is 3. The van der Waals surface area contributed by atoms with E-state index in [1.807, 2.05) is 6.92 Å². The van der Waals surface area contributed by atoms with E-state index in [-0.39, 0.29) is 5.69 Å². The van der Waals surface area contributed by atoms with Crippen LogP contribution in [0.4, 0.5) is 18.9 Å². The largest absolute Gasteiger partial charge is 0.416 e. The second-order valence-electron chi connectivity index (χ2n) is 6.40. The summed E-state index contributed by atoms with van der Waals surface area (Å²) in [5.74, 6) is -0.0904. The number of piperidine rings is 1. The maximum Gasteiger partial charge on any atom is 0.416 e. The van der Waals surface area contributed by atoms with Crippen molar-refractivity contribution in [2.45, 2.75) is 25.9 Å². The lowest BCUT2D eigenvalue weighted by molar-refractivity contribution is -0.137. The zero-order valence-corrected chi connectivity index (χ0v) is 14.9. The van der Waals surface area contributed by atoms with Gasteiger partial charge in [-0.15, -0.1) is 0 Å².